The average Bonchev–Trinajstić information content (AvgIpc) is 2.82. The van der Waals surface area contributed by atoms with Gasteiger partial charge in [0.15, 0.2) is 0 Å². The fraction of sp³-hybridized carbons (Fsp3) is 0.412. The van der Waals surface area contributed by atoms with E-state index in [4.69, 9.17) is 4.74 Å². The van der Waals surface area contributed by atoms with Crippen molar-refractivity contribution in [1.82, 2.24) is 15.1 Å². The minimum absolute atomic E-state index is 0.182. The number of hydrogen-bond acceptors (Lipinski definition) is 5. The molecule has 2 rings (SSSR count). The molecule has 8 nitrogen and oxygen atoms in total. The summed E-state index contributed by atoms with van der Waals surface area (Å²) >= 11 is 0. The minimum atomic E-state index is -0.961. The first-order valence-corrected chi connectivity index (χ1v) is 8.04. The van der Waals surface area contributed by atoms with Gasteiger partial charge in [-0.1, -0.05) is 25.5 Å². The van der Waals surface area contributed by atoms with Gasteiger partial charge in [-0.3, -0.25) is 19.3 Å². The summed E-state index contributed by atoms with van der Waals surface area (Å²) in [4.78, 5) is 49.5. The van der Waals surface area contributed by atoms with Crippen LogP contribution >= 0.6 is 0 Å². The predicted octanol–water partition coefficient (Wildman–Crippen LogP) is 0.902. The monoisotopic (exact) mass is 347 g/mol. The van der Waals surface area contributed by atoms with Gasteiger partial charge < -0.3 is 10.1 Å². The number of urea groups is 1. The molecule has 0 spiro atoms. The summed E-state index contributed by atoms with van der Waals surface area (Å²) in [6.07, 6.45) is 1.40. The summed E-state index contributed by atoms with van der Waals surface area (Å²) in [6.45, 7) is 1.84. The molecule has 0 aromatic heterocycles. The zero-order chi connectivity index (χ0) is 18.4. The van der Waals surface area contributed by atoms with Crippen LogP contribution in [0.4, 0.5) is 4.79 Å². The number of benzene rings is 1. The maximum atomic E-state index is 12.1. The van der Waals surface area contributed by atoms with E-state index in [2.05, 4.69) is 5.32 Å². The molecule has 134 valence electrons. The Kier molecular flexibility index (Phi) is 6.10. The highest BCUT2D eigenvalue weighted by Gasteiger charge is 2.44. The molecule has 1 aromatic rings. The Morgan fingerprint density at radius 3 is 2.56 bits per heavy atom. The molecule has 1 saturated heterocycles. The lowest BCUT2D eigenvalue weighted by atomic mass is 10.2. The molecular weight excluding hydrogens is 326 g/mol. The lowest BCUT2D eigenvalue weighted by Gasteiger charge is -2.15. The molecule has 1 heterocycles. The van der Waals surface area contributed by atoms with Gasteiger partial charge in [0.1, 0.15) is 12.3 Å². The van der Waals surface area contributed by atoms with Gasteiger partial charge >= 0.3 is 17.8 Å². The number of rotatable bonds is 8. The third-order valence-electron chi connectivity index (χ3n) is 3.80. The molecule has 1 aliphatic heterocycles. The maximum absolute atomic E-state index is 12.1. The molecule has 1 N–H and O–H groups in total. The van der Waals surface area contributed by atoms with E-state index in [1.54, 1.807) is 25.3 Å². The molecule has 1 aliphatic rings. The van der Waals surface area contributed by atoms with Gasteiger partial charge in [-0.2, -0.15) is 0 Å². The minimum Gasteiger partial charge on any atom is -0.497 e. The molecule has 0 saturated carbocycles. The summed E-state index contributed by atoms with van der Waals surface area (Å²) < 4.78 is 5.10. The Labute approximate surface area is 145 Å². The number of nitrogens with one attached hydrogen (secondary N) is 1. The molecule has 1 aromatic carbocycles. The first kappa shape index (κ1) is 18.4. The molecular formula is C17H21N3O5. The van der Waals surface area contributed by atoms with Crippen molar-refractivity contribution in [3.05, 3.63) is 29.8 Å². The quantitative estimate of drug-likeness (QED) is 0.557. The SMILES string of the molecule is CCCCN1C(=O)C(=O)N(CC(=O)NCc2cccc(OC)c2)C1=O. The van der Waals surface area contributed by atoms with Gasteiger partial charge in [0, 0.05) is 13.1 Å². The number of imide groups is 2. The Hall–Kier alpha value is -2.90. The average molecular weight is 347 g/mol. The van der Waals surface area contributed by atoms with Crippen LogP contribution in [0.5, 0.6) is 5.75 Å². The van der Waals surface area contributed by atoms with Gasteiger partial charge in [-0.05, 0) is 24.1 Å². The second-order valence-corrected chi connectivity index (χ2v) is 5.61. The lowest BCUT2D eigenvalue weighted by molar-refractivity contribution is -0.144. The largest absolute Gasteiger partial charge is 0.497 e. The van der Waals surface area contributed by atoms with Crippen molar-refractivity contribution in [1.29, 1.82) is 0 Å². The number of nitrogens with zero attached hydrogens (tertiary/aromatic N) is 2. The first-order valence-electron chi connectivity index (χ1n) is 8.04. The van der Waals surface area contributed by atoms with Crippen molar-refractivity contribution >= 4 is 23.8 Å². The molecule has 25 heavy (non-hydrogen) atoms. The highest BCUT2D eigenvalue weighted by molar-refractivity contribution is 6.45. The van der Waals surface area contributed by atoms with Crippen LogP contribution in [0.25, 0.3) is 0 Å². The van der Waals surface area contributed by atoms with Crippen LogP contribution in [0.15, 0.2) is 24.3 Å². The summed E-state index contributed by atoms with van der Waals surface area (Å²) in [7, 11) is 1.55. The van der Waals surface area contributed by atoms with Gasteiger partial charge in [0.05, 0.1) is 7.11 Å². The van der Waals surface area contributed by atoms with Gasteiger partial charge in [0.2, 0.25) is 5.91 Å². The first-order chi connectivity index (χ1) is 12.0. The molecule has 1 fully saturated rings. The fourth-order valence-corrected chi connectivity index (χ4v) is 2.39. The predicted molar refractivity (Wildman–Crippen MR) is 88.6 cm³/mol. The Bertz CT molecular complexity index is 689. The standard InChI is InChI=1S/C17H21N3O5/c1-3-4-8-19-15(22)16(23)20(17(19)24)11-14(21)18-10-12-6-5-7-13(9-12)25-2/h5-7,9H,3-4,8,10-11H2,1-2H3,(H,18,21). The van der Waals surface area contributed by atoms with Crippen LogP contribution in [-0.4, -0.2) is 53.8 Å². The third kappa shape index (κ3) is 4.34. The van der Waals surface area contributed by atoms with E-state index in [1.165, 1.54) is 0 Å². The van der Waals surface area contributed by atoms with E-state index in [9.17, 15) is 19.2 Å². The number of carbonyl (C=O) groups excluding carboxylic acids is 4. The Balaban J connectivity index is 1.92. The molecule has 0 bridgehead atoms. The highest BCUT2D eigenvalue weighted by atomic mass is 16.5. The molecule has 5 amide bonds. The molecule has 0 unspecified atom stereocenters. The van der Waals surface area contributed by atoms with Crippen LogP contribution in [0.1, 0.15) is 25.3 Å². The summed E-state index contributed by atoms with van der Waals surface area (Å²) in [6, 6.07) is 6.41. The van der Waals surface area contributed by atoms with Gasteiger partial charge in [-0.25, -0.2) is 9.69 Å². The van der Waals surface area contributed by atoms with Crippen molar-refractivity contribution in [3.63, 3.8) is 0 Å². The zero-order valence-corrected chi connectivity index (χ0v) is 14.3. The van der Waals surface area contributed by atoms with Crippen molar-refractivity contribution < 1.29 is 23.9 Å². The van der Waals surface area contributed by atoms with Crippen molar-refractivity contribution in [2.45, 2.75) is 26.3 Å². The topological polar surface area (TPSA) is 96.0 Å². The summed E-state index contributed by atoms with van der Waals surface area (Å²) in [5, 5.41) is 2.62. The van der Waals surface area contributed by atoms with Crippen LogP contribution in [-0.2, 0) is 20.9 Å². The lowest BCUT2D eigenvalue weighted by Crippen LogP contribution is -2.41. The van der Waals surface area contributed by atoms with Crippen LogP contribution in [0, 0.1) is 0 Å². The second-order valence-electron chi connectivity index (χ2n) is 5.61. The van der Waals surface area contributed by atoms with Gasteiger partial charge in [-0.15, -0.1) is 0 Å². The number of ether oxygens (including phenoxy) is 1. The van der Waals surface area contributed by atoms with E-state index < -0.39 is 30.3 Å². The second kappa shape index (κ2) is 8.27. The number of carbonyl (C=O) groups is 4. The van der Waals surface area contributed by atoms with Gasteiger partial charge in [0.25, 0.3) is 0 Å². The fourth-order valence-electron chi connectivity index (χ4n) is 2.39. The van der Waals surface area contributed by atoms with E-state index in [0.29, 0.717) is 17.1 Å². The summed E-state index contributed by atoms with van der Waals surface area (Å²) in [5.74, 6) is -1.69. The third-order valence-corrected chi connectivity index (χ3v) is 3.80. The molecule has 0 aliphatic carbocycles. The molecule has 0 atom stereocenters. The van der Waals surface area contributed by atoms with Crippen molar-refractivity contribution in [2.24, 2.45) is 0 Å². The van der Waals surface area contributed by atoms with E-state index >= 15 is 0 Å². The van der Waals surface area contributed by atoms with E-state index in [1.807, 2.05) is 13.0 Å². The van der Waals surface area contributed by atoms with Crippen molar-refractivity contribution in [2.75, 3.05) is 20.2 Å². The number of methoxy groups -OCH3 is 1. The zero-order valence-electron chi connectivity index (χ0n) is 14.3. The van der Waals surface area contributed by atoms with E-state index in [-0.39, 0.29) is 13.1 Å². The molecule has 8 heteroatoms. The number of amides is 5. The normalized spacial score (nSPS) is 14.2. The van der Waals surface area contributed by atoms with Crippen molar-refractivity contribution in [3.8, 4) is 5.75 Å². The van der Waals surface area contributed by atoms with Crippen LogP contribution in [0.3, 0.4) is 0 Å². The maximum Gasteiger partial charge on any atom is 0.334 e. The Morgan fingerprint density at radius 2 is 1.88 bits per heavy atom. The molecule has 0 radical (unpaired) electrons. The van der Waals surface area contributed by atoms with Crippen LogP contribution < -0.4 is 10.1 Å². The number of hydrogen-bond donors (Lipinski definition) is 1. The van der Waals surface area contributed by atoms with E-state index in [0.717, 1.165) is 16.9 Å². The number of unbranched alkanes of at least 4 members (excludes halogenated alkanes) is 1. The highest BCUT2D eigenvalue weighted by Crippen LogP contribution is 2.14. The smallest absolute Gasteiger partial charge is 0.334 e. The summed E-state index contributed by atoms with van der Waals surface area (Å²) in [5.41, 5.74) is 0.812. The Morgan fingerprint density at radius 1 is 1.16 bits per heavy atom. The van der Waals surface area contributed by atoms with Crippen LogP contribution in [0.2, 0.25) is 0 Å².